The van der Waals surface area contributed by atoms with Gasteiger partial charge in [0.15, 0.2) is 6.10 Å². The number of hydrogen-bond donors (Lipinski definition) is 2. The predicted molar refractivity (Wildman–Crippen MR) is 109 cm³/mol. The zero-order valence-electron chi connectivity index (χ0n) is 16.1. The van der Waals surface area contributed by atoms with E-state index < -0.39 is 16.1 Å². The van der Waals surface area contributed by atoms with Crippen LogP contribution in [0.5, 0.6) is 5.75 Å². The third-order valence-corrected chi connectivity index (χ3v) is 5.04. The van der Waals surface area contributed by atoms with Gasteiger partial charge in [-0.15, -0.1) is 0 Å². The average molecular weight is 405 g/mol. The highest BCUT2D eigenvalue weighted by Crippen LogP contribution is 2.21. The number of nitrogens with zero attached hydrogens (tertiary/aromatic N) is 1. The lowest BCUT2D eigenvalue weighted by atomic mass is 10.2. The van der Waals surface area contributed by atoms with Crippen molar-refractivity contribution < 1.29 is 22.7 Å². The van der Waals surface area contributed by atoms with Gasteiger partial charge >= 0.3 is 0 Å². The molecule has 2 aromatic carbocycles. The molecule has 2 N–H and O–H groups in total. The van der Waals surface area contributed by atoms with E-state index in [0.717, 1.165) is 10.6 Å². The van der Waals surface area contributed by atoms with E-state index in [2.05, 4.69) is 10.6 Å². The number of benzene rings is 2. The Balaban J connectivity index is 2.00. The largest absolute Gasteiger partial charge is 0.481 e. The molecule has 2 aromatic rings. The summed E-state index contributed by atoms with van der Waals surface area (Å²) in [5.74, 6) is -0.136. The number of nitrogens with one attached hydrogen (secondary N) is 2. The van der Waals surface area contributed by atoms with Crippen molar-refractivity contribution in [3.05, 3.63) is 48.5 Å². The lowest BCUT2D eigenvalue weighted by molar-refractivity contribution is -0.122. The number of amides is 2. The Hall–Kier alpha value is -3.07. The zero-order chi connectivity index (χ0) is 20.9. The van der Waals surface area contributed by atoms with Crippen LogP contribution in [0.3, 0.4) is 0 Å². The summed E-state index contributed by atoms with van der Waals surface area (Å²) in [4.78, 5) is 23.5. The molecule has 0 saturated heterocycles. The normalized spacial score (nSPS) is 12.0. The molecule has 0 aliphatic carbocycles. The molecule has 1 unspecified atom stereocenters. The number of carbonyl (C=O) groups excluding carboxylic acids is 2. The van der Waals surface area contributed by atoms with Crippen LogP contribution < -0.4 is 19.7 Å². The minimum atomic E-state index is -3.35. The molecule has 28 heavy (non-hydrogen) atoms. The topological polar surface area (TPSA) is 105 Å². The van der Waals surface area contributed by atoms with Gasteiger partial charge in [0, 0.05) is 25.3 Å². The Morgan fingerprint density at radius 2 is 1.61 bits per heavy atom. The van der Waals surface area contributed by atoms with Crippen molar-refractivity contribution >= 4 is 38.9 Å². The fourth-order valence-corrected chi connectivity index (χ4v) is 2.81. The molecule has 0 aromatic heterocycles. The highest BCUT2D eigenvalue weighted by molar-refractivity contribution is 7.92. The summed E-state index contributed by atoms with van der Waals surface area (Å²) in [7, 11) is -1.89. The Labute approximate surface area is 164 Å². The van der Waals surface area contributed by atoms with Crippen LogP contribution in [0, 0.1) is 0 Å². The molecule has 150 valence electrons. The predicted octanol–water partition coefficient (Wildman–Crippen LogP) is 2.45. The van der Waals surface area contributed by atoms with Gasteiger partial charge in [-0.25, -0.2) is 8.42 Å². The Bertz CT molecular complexity index is 958. The Morgan fingerprint density at radius 1 is 1.04 bits per heavy atom. The number of hydrogen-bond acceptors (Lipinski definition) is 5. The maximum atomic E-state index is 12.3. The van der Waals surface area contributed by atoms with E-state index >= 15 is 0 Å². The molecule has 2 rings (SSSR count). The number of sulfonamides is 1. The fourth-order valence-electron chi connectivity index (χ4n) is 2.31. The summed E-state index contributed by atoms with van der Waals surface area (Å²) >= 11 is 0. The number of anilines is 3. The maximum Gasteiger partial charge on any atom is 0.265 e. The van der Waals surface area contributed by atoms with Gasteiger partial charge in [-0.05, 0) is 49.4 Å². The summed E-state index contributed by atoms with van der Waals surface area (Å²) in [6.45, 7) is 3.00. The minimum Gasteiger partial charge on any atom is -0.481 e. The fraction of sp³-hybridized carbons (Fsp3) is 0.263. The summed E-state index contributed by atoms with van der Waals surface area (Å²) in [6.07, 6.45) is 0.327. The lowest BCUT2D eigenvalue weighted by Gasteiger charge is -2.18. The second kappa shape index (κ2) is 8.75. The van der Waals surface area contributed by atoms with Crippen LogP contribution in [0.4, 0.5) is 17.1 Å². The van der Waals surface area contributed by atoms with Crippen molar-refractivity contribution in [2.24, 2.45) is 0 Å². The molecular formula is C19H23N3O5S. The van der Waals surface area contributed by atoms with E-state index in [0.29, 0.717) is 22.8 Å². The van der Waals surface area contributed by atoms with Crippen LogP contribution in [-0.2, 0) is 19.6 Å². The van der Waals surface area contributed by atoms with Gasteiger partial charge in [0.05, 0.1) is 11.9 Å². The Morgan fingerprint density at radius 3 is 2.14 bits per heavy atom. The molecule has 9 heteroatoms. The van der Waals surface area contributed by atoms with Crippen molar-refractivity contribution in [1.82, 2.24) is 0 Å². The van der Waals surface area contributed by atoms with Crippen LogP contribution >= 0.6 is 0 Å². The van der Waals surface area contributed by atoms with Gasteiger partial charge < -0.3 is 15.4 Å². The van der Waals surface area contributed by atoms with Crippen LogP contribution in [0.1, 0.15) is 13.8 Å². The van der Waals surface area contributed by atoms with Gasteiger partial charge in [0.25, 0.3) is 5.91 Å². The van der Waals surface area contributed by atoms with E-state index in [1.54, 1.807) is 55.5 Å². The summed E-state index contributed by atoms with van der Waals surface area (Å²) in [6, 6.07) is 13.1. The van der Waals surface area contributed by atoms with Crippen molar-refractivity contribution in [2.45, 2.75) is 20.0 Å². The summed E-state index contributed by atoms with van der Waals surface area (Å²) in [5.41, 5.74) is 1.59. The molecule has 1 atom stereocenters. The second-order valence-corrected chi connectivity index (χ2v) is 8.25. The number of carbonyl (C=O) groups is 2. The minimum absolute atomic E-state index is 0.204. The first-order valence-corrected chi connectivity index (χ1v) is 10.3. The van der Waals surface area contributed by atoms with Crippen LogP contribution in [0.15, 0.2) is 48.5 Å². The van der Waals surface area contributed by atoms with Crippen LogP contribution in [0.2, 0.25) is 0 Å². The maximum absolute atomic E-state index is 12.3. The molecule has 0 bridgehead atoms. The first kappa shape index (κ1) is 21.2. The molecular weight excluding hydrogens is 382 g/mol. The quantitative estimate of drug-likeness (QED) is 0.736. The molecule has 0 spiro atoms. The van der Waals surface area contributed by atoms with Crippen LogP contribution in [-0.4, -0.2) is 39.6 Å². The smallest absolute Gasteiger partial charge is 0.265 e. The first-order valence-electron chi connectivity index (χ1n) is 8.45. The van der Waals surface area contributed by atoms with Crippen molar-refractivity contribution in [1.29, 1.82) is 0 Å². The van der Waals surface area contributed by atoms with Crippen LogP contribution in [0.25, 0.3) is 0 Å². The molecule has 0 saturated carbocycles. The molecule has 0 aliphatic rings. The van der Waals surface area contributed by atoms with Gasteiger partial charge in [-0.3, -0.25) is 13.9 Å². The molecule has 0 aliphatic heterocycles. The number of rotatable bonds is 7. The zero-order valence-corrected chi connectivity index (χ0v) is 16.9. The highest BCUT2D eigenvalue weighted by Gasteiger charge is 2.16. The van der Waals surface area contributed by atoms with E-state index in [4.69, 9.17) is 4.74 Å². The average Bonchev–Trinajstić information content (AvgIpc) is 2.60. The standard InChI is InChI=1S/C19H23N3O5S/c1-13(19(24)21-16-7-5-6-15(12-16)20-14(2)23)27-18-10-8-17(9-11-18)22(3)28(4,25)26/h5-13H,1-4H3,(H,20,23)(H,21,24). The van der Waals surface area contributed by atoms with Gasteiger partial charge in [-0.1, -0.05) is 6.07 Å². The Kier molecular flexibility index (Phi) is 6.63. The lowest BCUT2D eigenvalue weighted by Crippen LogP contribution is -2.30. The molecule has 0 heterocycles. The summed E-state index contributed by atoms with van der Waals surface area (Å²) < 4.78 is 29.9. The van der Waals surface area contributed by atoms with E-state index in [1.807, 2.05) is 0 Å². The van der Waals surface area contributed by atoms with Gasteiger partial charge in [-0.2, -0.15) is 0 Å². The second-order valence-electron chi connectivity index (χ2n) is 6.24. The first-order chi connectivity index (χ1) is 13.1. The van der Waals surface area contributed by atoms with Crippen molar-refractivity contribution in [3.63, 3.8) is 0 Å². The van der Waals surface area contributed by atoms with E-state index in [-0.39, 0.29) is 11.8 Å². The van der Waals surface area contributed by atoms with E-state index in [9.17, 15) is 18.0 Å². The van der Waals surface area contributed by atoms with Crippen molar-refractivity contribution in [3.8, 4) is 5.75 Å². The third kappa shape index (κ3) is 5.98. The number of ether oxygens (including phenoxy) is 1. The summed E-state index contributed by atoms with van der Waals surface area (Å²) in [5, 5.41) is 5.37. The molecule has 2 amide bonds. The van der Waals surface area contributed by atoms with Crippen molar-refractivity contribution in [2.75, 3.05) is 28.2 Å². The van der Waals surface area contributed by atoms with E-state index in [1.165, 1.54) is 14.0 Å². The SMILES string of the molecule is CC(=O)Nc1cccc(NC(=O)C(C)Oc2ccc(N(C)S(C)(=O)=O)cc2)c1. The molecule has 0 fully saturated rings. The third-order valence-electron chi connectivity index (χ3n) is 3.83. The molecule has 0 radical (unpaired) electrons. The van der Waals surface area contributed by atoms with Gasteiger partial charge in [0.2, 0.25) is 15.9 Å². The van der Waals surface area contributed by atoms with Gasteiger partial charge in [0.1, 0.15) is 5.75 Å². The molecule has 8 nitrogen and oxygen atoms in total. The monoisotopic (exact) mass is 405 g/mol. The highest BCUT2D eigenvalue weighted by atomic mass is 32.2.